The maximum Gasteiger partial charge on any atom is 0.329 e. The number of carboxylic acids is 1. The predicted molar refractivity (Wildman–Crippen MR) is 43.4 cm³/mol. The number of carbonyl (C=O) groups is 1. The molecule has 4 N–H and O–H groups in total. The van der Waals surface area contributed by atoms with E-state index in [0.29, 0.717) is 0 Å². The minimum atomic E-state index is -1.19. The summed E-state index contributed by atoms with van der Waals surface area (Å²) in [6, 6.07) is 2.88. The van der Waals surface area contributed by atoms with Crippen molar-refractivity contribution in [2.45, 2.75) is 0 Å². The molecule has 0 aliphatic rings. The first-order chi connectivity index (χ1) is 6.07. The topological polar surface area (TPSA) is 111 Å². The molecule has 72 valence electrons. The molecule has 0 amide bonds. The van der Waals surface area contributed by atoms with Crippen LogP contribution < -0.4 is 5.56 Å². The van der Waals surface area contributed by atoms with Gasteiger partial charge in [-0.2, -0.15) is 0 Å². The Morgan fingerprint density at radius 3 is 2.31 bits per heavy atom. The van der Waals surface area contributed by atoms with Crippen molar-refractivity contribution in [3.05, 3.63) is 28.7 Å². The van der Waals surface area contributed by atoms with E-state index in [-0.39, 0.29) is 5.75 Å². The van der Waals surface area contributed by atoms with E-state index < -0.39 is 18.1 Å². The molecule has 0 aromatic carbocycles. The Bertz CT molecular complexity index is 319. The summed E-state index contributed by atoms with van der Waals surface area (Å²) < 4.78 is 0. The van der Waals surface area contributed by atoms with Crippen molar-refractivity contribution < 1.29 is 20.1 Å². The van der Waals surface area contributed by atoms with Gasteiger partial charge in [0.25, 0.3) is 5.56 Å². The minimum absolute atomic E-state index is 0.243. The molecule has 6 nitrogen and oxygen atoms in total. The fraction of sp³-hybridized carbons (Fsp3) is 0.143. The zero-order valence-corrected chi connectivity index (χ0v) is 6.60. The van der Waals surface area contributed by atoms with Crippen molar-refractivity contribution in [2.75, 3.05) is 6.61 Å². The van der Waals surface area contributed by atoms with E-state index in [2.05, 4.69) is 4.98 Å². The molecule has 1 rings (SSSR count). The van der Waals surface area contributed by atoms with Crippen molar-refractivity contribution in [1.82, 2.24) is 4.98 Å². The molecule has 0 radical (unpaired) electrons. The molecule has 0 aliphatic carbocycles. The highest BCUT2D eigenvalue weighted by Crippen LogP contribution is 1.92. The molecule has 1 aromatic rings. The molecule has 0 bridgehead atoms. The molecule has 0 spiro atoms. The summed E-state index contributed by atoms with van der Waals surface area (Å²) in [5, 5.41) is 23.6. The lowest BCUT2D eigenvalue weighted by molar-refractivity contribution is -0.140. The number of aromatic nitrogens is 1. The van der Waals surface area contributed by atoms with Crippen LogP contribution in [0.4, 0.5) is 0 Å². The van der Waals surface area contributed by atoms with Crippen LogP contribution in [0.3, 0.4) is 0 Å². The van der Waals surface area contributed by atoms with Crippen molar-refractivity contribution in [2.24, 2.45) is 0 Å². The number of rotatable bonds is 1. The smallest absolute Gasteiger partial charge is 0.329 e. The summed E-state index contributed by atoms with van der Waals surface area (Å²) in [5.41, 5.74) is -0.451. The number of aromatic hydroxyl groups is 1. The number of pyridine rings is 1. The fourth-order valence-corrected chi connectivity index (χ4v) is 0.413. The van der Waals surface area contributed by atoms with Crippen LogP contribution in [0.25, 0.3) is 0 Å². The number of aliphatic carboxylic acids is 1. The van der Waals surface area contributed by atoms with Gasteiger partial charge in [-0.05, 0) is 12.1 Å². The third kappa shape index (κ3) is 5.45. The lowest BCUT2D eigenvalue weighted by Crippen LogP contribution is -2.01. The SMILES string of the molecule is O=C(O)CO.O=c1[nH]cccc1O. The Morgan fingerprint density at radius 2 is 2.08 bits per heavy atom. The first kappa shape index (κ1) is 11.2. The van der Waals surface area contributed by atoms with Gasteiger partial charge in [0.2, 0.25) is 0 Å². The van der Waals surface area contributed by atoms with E-state index in [1.807, 2.05) is 0 Å². The summed E-state index contributed by atoms with van der Waals surface area (Å²) in [5.74, 6) is -1.43. The average molecular weight is 187 g/mol. The third-order valence-electron chi connectivity index (χ3n) is 0.933. The first-order valence-corrected chi connectivity index (χ1v) is 3.27. The van der Waals surface area contributed by atoms with Crippen molar-refractivity contribution in [3.8, 4) is 5.75 Å². The van der Waals surface area contributed by atoms with Gasteiger partial charge in [-0.15, -0.1) is 0 Å². The van der Waals surface area contributed by atoms with Gasteiger partial charge in [0.15, 0.2) is 5.75 Å². The molecule has 0 unspecified atom stereocenters. The van der Waals surface area contributed by atoms with Crippen LogP contribution >= 0.6 is 0 Å². The number of H-pyrrole nitrogens is 1. The van der Waals surface area contributed by atoms with Gasteiger partial charge in [0.1, 0.15) is 6.61 Å². The molecule has 0 aliphatic heterocycles. The Labute approximate surface area is 73.1 Å². The molecule has 0 fully saturated rings. The van der Waals surface area contributed by atoms with Crippen LogP contribution in [0.2, 0.25) is 0 Å². The second-order valence-electron chi connectivity index (χ2n) is 1.94. The van der Waals surface area contributed by atoms with E-state index in [9.17, 15) is 4.79 Å². The van der Waals surface area contributed by atoms with E-state index >= 15 is 0 Å². The molecular weight excluding hydrogens is 178 g/mol. The van der Waals surface area contributed by atoms with Gasteiger partial charge in [-0.25, -0.2) is 4.79 Å². The number of aromatic amines is 1. The zero-order valence-electron chi connectivity index (χ0n) is 6.60. The standard InChI is InChI=1S/C5H5NO2.C2H4O3/c7-4-2-1-3-6-5(4)8;3-1-2(4)5/h1-3,7H,(H,6,8);3H,1H2,(H,4,5). The summed E-state index contributed by atoms with van der Waals surface area (Å²) in [4.78, 5) is 21.7. The largest absolute Gasteiger partial charge is 0.503 e. The lowest BCUT2D eigenvalue weighted by atomic mass is 10.5. The Kier molecular flexibility index (Phi) is 4.97. The Balaban J connectivity index is 0.000000252. The molecule has 13 heavy (non-hydrogen) atoms. The van der Waals surface area contributed by atoms with Gasteiger partial charge in [-0.3, -0.25) is 4.79 Å². The van der Waals surface area contributed by atoms with E-state index in [1.165, 1.54) is 12.3 Å². The Morgan fingerprint density at radius 1 is 1.54 bits per heavy atom. The number of aliphatic hydroxyl groups excluding tert-OH is 1. The molecule has 0 saturated heterocycles. The van der Waals surface area contributed by atoms with Crippen molar-refractivity contribution >= 4 is 5.97 Å². The number of nitrogens with one attached hydrogen (secondary N) is 1. The van der Waals surface area contributed by atoms with Gasteiger partial charge < -0.3 is 20.3 Å². The second-order valence-corrected chi connectivity index (χ2v) is 1.94. The maximum atomic E-state index is 10.3. The third-order valence-corrected chi connectivity index (χ3v) is 0.933. The second kappa shape index (κ2) is 5.78. The van der Waals surface area contributed by atoms with Crippen molar-refractivity contribution in [3.63, 3.8) is 0 Å². The highest BCUT2D eigenvalue weighted by Gasteiger charge is 1.87. The highest BCUT2D eigenvalue weighted by atomic mass is 16.4. The van der Waals surface area contributed by atoms with Crippen LogP contribution in [0.1, 0.15) is 0 Å². The summed E-state index contributed by atoms with van der Waals surface area (Å²) in [6.45, 7) is -0.778. The van der Waals surface area contributed by atoms with Crippen LogP contribution in [0, 0.1) is 0 Å². The van der Waals surface area contributed by atoms with Gasteiger partial charge >= 0.3 is 5.97 Å². The molecule has 1 heterocycles. The molecule has 0 saturated carbocycles. The van der Waals surface area contributed by atoms with Gasteiger partial charge in [0, 0.05) is 6.20 Å². The number of carboxylic acid groups (broad SMARTS) is 1. The quantitative estimate of drug-likeness (QED) is 0.457. The lowest BCUT2D eigenvalue weighted by Gasteiger charge is -1.83. The maximum absolute atomic E-state index is 10.3. The summed E-state index contributed by atoms with van der Waals surface area (Å²) in [7, 11) is 0. The minimum Gasteiger partial charge on any atom is -0.503 e. The predicted octanol–water partition coefficient (Wildman–Crippen LogP) is -0.856. The van der Waals surface area contributed by atoms with Crippen LogP contribution in [0.15, 0.2) is 23.1 Å². The Hall–Kier alpha value is -1.82. The number of hydrogen-bond donors (Lipinski definition) is 4. The summed E-state index contributed by atoms with van der Waals surface area (Å²) in [6.07, 6.45) is 1.46. The van der Waals surface area contributed by atoms with Gasteiger partial charge in [-0.1, -0.05) is 0 Å². The normalized spacial score (nSPS) is 8.38. The van der Waals surface area contributed by atoms with Gasteiger partial charge in [0.05, 0.1) is 0 Å². The monoisotopic (exact) mass is 187 g/mol. The molecule has 1 aromatic heterocycles. The highest BCUT2D eigenvalue weighted by molar-refractivity contribution is 5.67. The average Bonchev–Trinajstić information content (AvgIpc) is 2.11. The number of hydrogen-bond acceptors (Lipinski definition) is 4. The van der Waals surface area contributed by atoms with E-state index in [1.54, 1.807) is 6.07 Å². The van der Waals surface area contributed by atoms with Crippen LogP contribution in [-0.4, -0.2) is 32.9 Å². The van der Waals surface area contributed by atoms with E-state index in [0.717, 1.165) is 0 Å². The van der Waals surface area contributed by atoms with Crippen LogP contribution in [0.5, 0.6) is 5.75 Å². The summed E-state index contributed by atoms with van der Waals surface area (Å²) >= 11 is 0. The molecule has 6 heteroatoms. The molecule has 0 atom stereocenters. The molecular formula is C7H9NO5. The first-order valence-electron chi connectivity index (χ1n) is 3.27. The zero-order chi connectivity index (χ0) is 10.3. The number of aliphatic hydroxyl groups is 1. The van der Waals surface area contributed by atoms with E-state index in [4.69, 9.17) is 20.1 Å². The van der Waals surface area contributed by atoms with Crippen molar-refractivity contribution in [1.29, 1.82) is 0 Å². The fourth-order valence-electron chi connectivity index (χ4n) is 0.413. The van der Waals surface area contributed by atoms with Crippen LogP contribution in [-0.2, 0) is 4.79 Å².